The van der Waals surface area contributed by atoms with E-state index in [0.29, 0.717) is 22.7 Å². The molecule has 0 bridgehead atoms. The van der Waals surface area contributed by atoms with Crippen molar-refractivity contribution in [1.29, 1.82) is 0 Å². The van der Waals surface area contributed by atoms with E-state index < -0.39 is 0 Å². The Kier molecular flexibility index (Phi) is 4.68. The first-order valence-electron chi connectivity index (χ1n) is 6.96. The van der Waals surface area contributed by atoms with Crippen LogP contribution in [0, 0.1) is 0 Å². The van der Waals surface area contributed by atoms with Gasteiger partial charge in [-0.25, -0.2) is 4.98 Å². The van der Waals surface area contributed by atoms with Crippen molar-refractivity contribution in [3.63, 3.8) is 0 Å². The van der Waals surface area contributed by atoms with E-state index >= 15 is 0 Å². The Morgan fingerprint density at radius 1 is 1.22 bits per heavy atom. The zero-order chi connectivity index (χ0) is 16.1. The highest BCUT2D eigenvalue weighted by Gasteiger charge is 2.15. The molecule has 116 valence electrons. The van der Waals surface area contributed by atoms with Crippen LogP contribution in [-0.4, -0.2) is 31.8 Å². The van der Waals surface area contributed by atoms with E-state index in [0.717, 1.165) is 11.4 Å². The molecule has 0 fully saturated rings. The normalized spacial score (nSPS) is 10.5. The Morgan fingerprint density at radius 3 is 2.78 bits per heavy atom. The smallest absolute Gasteiger partial charge is 0.217 e. The lowest BCUT2D eigenvalue weighted by atomic mass is 10.2. The largest absolute Gasteiger partial charge is 0.481 e. The molecule has 6 nitrogen and oxygen atoms in total. The van der Waals surface area contributed by atoms with Crippen molar-refractivity contribution in [1.82, 2.24) is 24.7 Å². The van der Waals surface area contributed by atoms with Crippen molar-refractivity contribution in [3.8, 4) is 17.3 Å². The third-order valence-electron chi connectivity index (χ3n) is 3.06. The quantitative estimate of drug-likeness (QED) is 0.512. The highest BCUT2D eigenvalue weighted by Crippen LogP contribution is 2.28. The number of ether oxygens (including phenoxy) is 1. The molecule has 0 N–H and O–H groups in total. The number of benzene rings is 1. The molecule has 0 unspecified atom stereocenters. The molecule has 0 spiro atoms. The number of nitrogens with zero attached hydrogens (tertiary/aromatic N) is 5. The Labute approximate surface area is 138 Å². The van der Waals surface area contributed by atoms with E-state index in [2.05, 4.69) is 26.7 Å². The molecule has 7 heteroatoms. The highest BCUT2D eigenvalue weighted by molar-refractivity contribution is 7.99. The van der Waals surface area contributed by atoms with Gasteiger partial charge in [-0.1, -0.05) is 36.4 Å². The van der Waals surface area contributed by atoms with E-state index in [-0.39, 0.29) is 0 Å². The van der Waals surface area contributed by atoms with E-state index in [1.165, 1.54) is 11.8 Å². The maximum Gasteiger partial charge on any atom is 0.217 e. The molecule has 0 aliphatic rings. The number of methoxy groups -OCH3 is 1. The van der Waals surface area contributed by atoms with Crippen LogP contribution in [0.2, 0.25) is 0 Å². The standard InChI is InChI=1S/C16H15N5OS/c1-3-11-21-14(12-7-5-4-6-8-12)19-20-16(21)23-15-17-10-9-13(18-15)22-2/h3-10H,1,11H2,2H3. The summed E-state index contributed by atoms with van der Waals surface area (Å²) in [5.74, 6) is 1.30. The summed E-state index contributed by atoms with van der Waals surface area (Å²) < 4.78 is 7.10. The summed E-state index contributed by atoms with van der Waals surface area (Å²) in [6.45, 7) is 4.41. The topological polar surface area (TPSA) is 65.7 Å². The van der Waals surface area contributed by atoms with Gasteiger partial charge in [0.05, 0.1) is 7.11 Å². The summed E-state index contributed by atoms with van der Waals surface area (Å²) in [7, 11) is 1.57. The molecule has 2 heterocycles. The fourth-order valence-electron chi connectivity index (χ4n) is 2.03. The van der Waals surface area contributed by atoms with Crippen molar-refractivity contribution in [3.05, 3.63) is 55.3 Å². The Balaban J connectivity index is 1.96. The van der Waals surface area contributed by atoms with Gasteiger partial charge in [0, 0.05) is 24.4 Å². The minimum atomic E-state index is 0.514. The first-order valence-corrected chi connectivity index (χ1v) is 7.78. The Hall–Kier alpha value is -2.67. The summed E-state index contributed by atoms with van der Waals surface area (Å²) in [4.78, 5) is 8.52. The SMILES string of the molecule is C=CCn1c(Sc2nccc(OC)n2)nnc1-c1ccccc1. The van der Waals surface area contributed by atoms with Crippen LogP contribution in [0.1, 0.15) is 0 Å². The van der Waals surface area contributed by atoms with Crippen LogP contribution in [0.4, 0.5) is 0 Å². The first kappa shape index (κ1) is 15.2. The van der Waals surface area contributed by atoms with Gasteiger partial charge in [0.15, 0.2) is 16.1 Å². The van der Waals surface area contributed by atoms with Gasteiger partial charge in [-0.15, -0.1) is 16.8 Å². The molecule has 0 amide bonds. The van der Waals surface area contributed by atoms with Crippen LogP contribution in [0.25, 0.3) is 11.4 Å². The van der Waals surface area contributed by atoms with Crippen LogP contribution in [0.5, 0.6) is 5.88 Å². The fourth-order valence-corrected chi connectivity index (χ4v) is 2.79. The number of rotatable bonds is 6. The summed E-state index contributed by atoms with van der Waals surface area (Å²) in [5.41, 5.74) is 1.00. The maximum absolute atomic E-state index is 5.12. The molecule has 0 atom stereocenters. The van der Waals surface area contributed by atoms with Gasteiger partial charge in [-0.3, -0.25) is 4.57 Å². The third-order valence-corrected chi connectivity index (χ3v) is 3.92. The zero-order valence-corrected chi connectivity index (χ0v) is 13.4. The molecular formula is C16H15N5OS. The van der Waals surface area contributed by atoms with Crippen molar-refractivity contribution in [2.45, 2.75) is 16.9 Å². The van der Waals surface area contributed by atoms with Crippen molar-refractivity contribution < 1.29 is 4.74 Å². The predicted octanol–water partition coefficient (Wildman–Crippen LogP) is 3.08. The van der Waals surface area contributed by atoms with Gasteiger partial charge in [-0.05, 0) is 11.8 Å². The van der Waals surface area contributed by atoms with Gasteiger partial charge in [0.2, 0.25) is 5.88 Å². The molecule has 3 rings (SSSR count). The molecule has 0 saturated heterocycles. The van der Waals surface area contributed by atoms with E-state index in [1.54, 1.807) is 19.4 Å². The summed E-state index contributed by atoms with van der Waals surface area (Å²) in [5, 5.41) is 9.83. The predicted molar refractivity (Wildman–Crippen MR) is 88.4 cm³/mol. The summed E-state index contributed by atoms with van der Waals surface area (Å²) in [6, 6.07) is 11.6. The van der Waals surface area contributed by atoms with Gasteiger partial charge >= 0.3 is 0 Å². The minimum Gasteiger partial charge on any atom is -0.481 e. The second-order valence-electron chi connectivity index (χ2n) is 4.56. The third kappa shape index (κ3) is 3.40. The molecule has 2 aromatic heterocycles. The summed E-state index contributed by atoms with van der Waals surface area (Å²) in [6.07, 6.45) is 3.47. The van der Waals surface area contributed by atoms with Crippen LogP contribution in [-0.2, 0) is 6.54 Å². The number of allylic oxidation sites excluding steroid dienone is 1. The van der Waals surface area contributed by atoms with Crippen LogP contribution >= 0.6 is 11.8 Å². The number of hydrogen-bond acceptors (Lipinski definition) is 6. The maximum atomic E-state index is 5.12. The van der Waals surface area contributed by atoms with E-state index in [1.807, 2.05) is 41.0 Å². The number of aromatic nitrogens is 5. The van der Waals surface area contributed by atoms with Crippen LogP contribution in [0.3, 0.4) is 0 Å². The lowest BCUT2D eigenvalue weighted by molar-refractivity contribution is 0.392. The number of hydrogen-bond donors (Lipinski definition) is 0. The Bertz CT molecular complexity index is 803. The van der Waals surface area contributed by atoms with Gasteiger partial charge in [0.1, 0.15) is 0 Å². The fraction of sp³-hybridized carbons (Fsp3) is 0.125. The zero-order valence-electron chi connectivity index (χ0n) is 12.6. The van der Waals surface area contributed by atoms with Crippen molar-refractivity contribution in [2.75, 3.05) is 7.11 Å². The molecule has 0 aliphatic carbocycles. The first-order chi connectivity index (χ1) is 11.3. The second kappa shape index (κ2) is 7.06. The van der Waals surface area contributed by atoms with Crippen molar-refractivity contribution in [2.24, 2.45) is 0 Å². The van der Waals surface area contributed by atoms with Gasteiger partial charge in [-0.2, -0.15) is 4.98 Å². The average molecular weight is 325 g/mol. The Morgan fingerprint density at radius 2 is 2.04 bits per heavy atom. The molecule has 23 heavy (non-hydrogen) atoms. The molecule has 3 aromatic rings. The molecular weight excluding hydrogens is 310 g/mol. The highest BCUT2D eigenvalue weighted by atomic mass is 32.2. The van der Waals surface area contributed by atoms with Gasteiger partial charge < -0.3 is 4.74 Å². The van der Waals surface area contributed by atoms with Crippen molar-refractivity contribution >= 4 is 11.8 Å². The monoisotopic (exact) mass is 325 g/mol. The second-order valence-corrected chi connectivity index (χ2v) is 5.49. The molecule has 0 aliphatic heterocycles. The van der Waals surface area contributed by atoms with Crippen LogP contribution in [0.15, 0.2) is 65.6 Å². The molecule has 1 aromatic carbocycles. The minimum absolute atomic E-state index is 0.514. The lowest BCUT2D eigenvalue weighted by Crippen LogP contribution is -2.01. The van der Waals surface area contributed by atoms with Gasteiger partial charge in [0.25, 0.3) is 0 Å². The summed E-state index contributed by atoms with van der Waals surface area (Å²) >= 11 is 1.34. The van der Waals surface area contributed by atoms with E-state index in [4.69, 9.17) is 4.74 Å². The van der Waals surface area contributed by atoms with Crippen LogP contribution < -0.4 is 4.74 Å². The molecule has 0 saturated carbocycles. The van der Waals surface area contributed by atoms with E-state index in [9.17, 15) is 0 Å². The molecule has 0 radical (unpaired) electrons. The lowest BCUT2D eigenvalue weighted by Gasteiger charge is -2.07. The average Bonchev–Trinajstić information content (AvgIpc) is 2.99.